The van der Waals surface area contributed by atoms with Gasteiger partial charge in [0, 0.05) is 36.9 Å². The van der Waals surface area contributed by atoms with Crippen LogP contribution in [0.2, 0.25) is 5.02 Å². The van der Waals surface area contributed by atoms with Crippen LogP contribution in [0.1, 0.15) is 44.2 Å². The van der Waals surface area contributed by atoms with Crippen LogP contribution in [0.15, 0.2) is 24.3 Å². The monoisotopic (exact) mass is 499 g/mol. The second-order valence-corrected chi connectivity index (χ2v) is 7.55. The Balaban J connectivity index is -0.000000250. The molecule has 2 fully saturated rings. The van der Waals surface area contributed by atoms with Gasteiger partial charge in [-0.15, -0.1) is 12.4 Å². The predicted molar refractivity (Wildman–Crippen MR) is 146 cm³/mol. The maximum atomic E-state index is 5.95. The molecule has 0 radical (unpaired) electrons. The quantitative estimate of drug-likeness (QED) is 0.262. The molecule has 2 aliphatic rings. The molecular weight excluding hydrogens is 453 g/mol. The maximum absolute atomic E-state index is 5.95. The van der Waals surface area contributed by atoms with E-state index in [1.165, 1.54) is 38.5 Å². The lowest BCUT2D eigenvalue weighted by atomic mass is 10.1. The first-order chi connectivity index (χ1) is 13.3. The number of aromatic nitrogens is 3. The lowest BCUT2D eigenvalue weighted by molar-refractivity contribution is 0.556. The fourth-order valence-electron chi connectivity index (χ4n) is 3.54. The summed E-state index contributed by atoms with van der Waals surface area (Å²) >= 11 is 5.95. The molecule has 1 aromatic heterocycles. The van der Waals surface area contributed by atoms with E-state index in [9.17, 15) is 0 Å². The van der Waals surface area contributed by atoms with E-state index in [-0.39, 0.29) is 42.7 Å². The van der Waals surface area contributed by atoms with Crippen molar-refractivity contribution in [1.29, 1.82) is 0 Å². The van der Waals surface area contributed by atoms with Crippen LogP contribution in [0.5, 0.6) is 0 Å². The number of nitrogens with one attached hydrogen (secondary N) is 2. The van der Waals surface area contributed by atoms with Gasteiger partial charge in [0.15, 0.2) is 0 Å². The minimum atomic E-state index is 0. The number of benzene rings is 1. The van der Waals surface area contributed by atoms with Crippen LogP contribution in [0.25, 0.3) is 0 Å². The third-order valence-corrected chi connectivity index (χ3v) is 5.30. The van der Waals surface area contributed by atoms with Crippen LogP contribution in [-0.2, 0) is 0 Å². The summed E-state index contributed by atoms with van der Waals surface area (Å²) in [6, 6.07) is 7.51. The Morgan fingerprint density at radius 1 is 0.656 bits per heavy atom. The summed E-state index contributed by atoms with van der Waals surface area (Å²) in [4.78, 5) is 18.7. The third-order valence-electron chi connectivity index (χ3n) is 5.05. The highest BCUT2D eigenvalue weighted by atomic mass is 35.5. The Labute approximate surface area is 207 Å². The fraction of sp³-hybridized carbons (Fsp3) is 0.526. The van der Waals surface area contributed by atoms with Crippen LogP contribution in [0, 0.1) is 0 Å². The van der Waals surface area contributed by atoms with Crippen LogP contribution in [-0.4, -0.2) is 41.1 Å². The molecule has 0 spiro atoms. The van der Waals surface area contributed by atoms with Gasteiger partial charge in [-0.2, -0.15) is 15.0 Å². The van der Waals surface area contributed by atoms with Crippen molar-refractivity contribution >= 4 is 47.5 Å². The van der Waals surface area contributed by atoms with Crippen molar-refractivity contribution in [1.82, 2.24) is 39.6 Å². The highest BCUT2D eigenvalue weighted by Gasteiger charge is 2.20. The van der Waals surface area contributed by atoms with Gasteiger partial charge >= 0.3 is 0 Å². The molecule has 0 atom stereocenters. The Bertz CT molecular complexity index is 733. The number of hydrazine groups is 1. The van der Waals surface area contributed by atoms with Gasteiger partial charge in [-0.05, 0) is 62.8 Å². The van der Waals surface area contributed by atoms with E-state index < -0.39 is 0 Å². The number of rotatable bonds is 5. The molecule has 0 saturated carbocycles. The topological polar surface area (TPSA) is 209 Å². The van der Waals surface area contributed by atoms with E-state index >= 15 is 0 Å². The molecule has 13 heteroatoms. The Morgan fingerprint density at radius 2 is 1.09 bits per heavy atom. The SMILES string of the molecule is Cl.Clc1ccc(NNc2nc(N3CCCCC3)nc(N3CCCCC3)n2)cc1.N.N.N.N.[HH].[HH].[HH].[HH]. The highest BCUT2D eigenvalue weighted by molar-refractivity contribution is 6.30. The molecule has 2 saturated heterocycles. The van der Waals surface area contributed by atoms with E-state index in [4.69, 9.17) is 16.6 Å². The highest BCUT2D eigenvalue weighted by Crippen LogP contribution is 2.22. The van der Waals surface area contributed by atoms with E-state index in [1.54, 1.807) is 0 Å². The standard InChI is InChI=1S/C19H26ClN7.ClH.4H3N.4H2/c20-15-7-9-16(10-8-15)24-25-17-21-18(26-11-3-1-4-12-26)23-19(22-17)27-13-5-2-6-14-27;;;;;;;;;/h7-10,24H,1-6,11-14H2,(H,21,22,23,25);1H;4*1H3;4*1H. The molecule has 14 N–H and O–H groups in total. The average Bonchev–Trinajstić information content (AvgIpc) is 2.74. The number of hydrogen-bond acceptors (Lipinski definition) is 11. The van der Waals surface area contributed by atoms with Crippen molar-refractivity contribution in [3.8, 4) is 0 Å². The number of piperidine rings is 2. The molecular formula is C19H47Cl2N11. The molecule has 2 aromatic rings. The van der Waals surface area contributed by atoms with Crippen molar-refractivity contribution < 1.29 is 5.71 Å². The lowest BCUT2D eigenvalue weighted by Gasteiger charge is -2.30. The van der Waals surface area contributed by atoms with Gasteiger partial charge in [-0.3, -0.25) is 10.9 Å². The summed E-state index contributed by atoms with van der Waals surface area (Å²) in [6.07, 6.45) is 7.33. The Morgan fingerprint density at radius 3 is 1.53 bits per heavy atom. The second-order valence-electron chi connectivity index (χ2n) is 7.11. The molecule has 2 aliphatic heterocycles. The maximum Gasteiger partial charge on any atom is 0.248 e. The van der Waals surface area contributed by atoms with Gasteiger partial charge in [0.25, 0.3) is 0 Å². The minimum Gasteiger partial charge on any atom is -0.344 e. The molecule has 0 unspecified atom stereocenters. The third kappa shape index (κ3) is 8.41. The lowest BCUT2D eigenvalue weighted by Crippen LogP contribution is -2.34. The molecule has 3 heterocycles. The predicted octanol–water partition coefficient (Wildman–Crippen LogP) is 6.00. The summed E-state index contributed by atoms with van der Waals surface area (Å²) in [5.74, 6) is 2.08. The molecule has 192 valence electrons. The van der Waals surface area contributed by atoms with Gasteiger partial charge in [-0.25, -0.2) is 0 Å². The number of anilines is 4. The number of nitrogens with zero attached hydrogens (tertiary/aromatic N) is 5. The fourth-order valence-corrected chi connectivity index (χ4v) is 3.67. The van der Waals surface area contributed by atoms with E-state index in [1.807, 2.05) is 24.3 Å². The van der Waals surface area contributed by atoms with E-state index in [0.29, 0.717) is 11.0 Å². The number of hydrogen-bond donors (Lipinski definition) is 6. The molecule has 1 aromatic carbocycles. The summed E-state index contributed by atoms with van der Waals surface area (Å²) in [5.41, 5.74) is 7.18. The normalized spacial score (nSPS) is 14.9. The van der Waals surface area contributed by atoms with Crippen LogP contribution < -0.4 is 45.3 Å². The van der Waals surface area contributed by atoms with Crippen molar-refractivity contribution in [3.63, 3.8) is 0 Å². The van der Waals surface area contributed by atoms with Gasteiger partial charge < -0.3 is 34.4 Å². The first-order valence-corrected chi connectivity index (χ1v) is 10.2. The Kier molecular flexibility index (Phi) is 15.6. The van der Waals surface area contributed by atoms with Gasteiger partial charge in [0.1, 0.15) is 0 Å². The van der Waals surface area contributed by atoms with Crippen molar-refractivity contribution in [3.05, 3.63) is 29.3 Å². The molecule has 0 amide bonds. The zero-order valence-electron chi connectivity index (χ0n) is 18.7. The van der Waals surface area contributed by atoms with Gasteiger partial charge in [-0.1, -0.05) is 11.6 Å². The van der Waals surface area contributed by atoms with Crippen LogP contribution in [0.4, 0.5) is 23.5 Å². The average molecular weight is 501 g/mol. The molecule has 11 nitrogen and oxygen atoms in total. The second kappa shape index (κ2) is 15.6. The molecule has 4 rings (SSSR count). The molecule has 0 bridgehead atoms. The largest absolute Gasteiger partial charge is 0.344 e. The van der Waals surface area contributed by atoms with Crippen LogP contribution >= 0.6 is 24.0 Å². The zero-order chi connectivity index (χ0) is 18.5. The minimum absolute atomic E-state index is 0. The van der Waals surface area contributed by atoms with Gasteiger partial charge in [0.05, 0.1) is 5.69 Å². The Hall–Kier alpha value is -2.15. The summed E-state index contributed by atoms with van der Waals surface area (Å²) in [5, 5.41) is 0.709. The van der Waals surface area contributed by atoms with Gasteiger partial charge in [0.2, 0.25) is 17.8 Å². The summed E-state index contributed by atoms with van der Waals surface area (Å²) < 4.78 is 0. The summed E-state index contributed by atoms with van der Waals surface area (Å²) in [7, 11) is 0. The van der Waals surface area contributed by atoms with Crippen LogP contribution in [0.3, 0.4) is 0 Å². The van der Waals surface area contributed by atoms with Crippen molar-refractivity contribution in [2.45, 2.75) is 38.5 Å². The van der Waals surface area contributed by atoms with Crippen molar-refractivity contribution in [2.24, 2.45) is 0 Å². The van der Waals surface area contributed by atoms with Crippen molar-refractivity contribution in [2.75, 3.05) is 46.8 Å². The smallest absolute Gasteiger partial charge is 0.248 e. The first kappa shape index (κ1) is 32.0. The zero-order valence-corrected chi connectivity index (χ0v) is 20.3. The summed E-state index contributed by atoms with van der Waals surface area (Å²) in [6.45, 7) is 4.03. The first-order valence-electron chi connectivity index (χ1n) is 9.81. The van der Waals surface area contributed by atoms with E-state index in [0.717, 1.165) is 43.8 Å². The number of halogens is 2. The molecule has 32 heavy (non-hydrogen) atoms. The molecule has 0 aliphatic carbocycles. The van der Waals surface area contributed by atoms with E-state index in [2.05, 4.69) is 30.6 Å².